The molecule has 11 N–H and O–H groups in total. The number of rotatable bonds is 32. The molecular formula is C50H64N8O15S. The lowest BCUT2D eigenvalue weighted by atomic mass is 10.0. The van der Waals surface area contributed by atoms with Crippen LogP contribution in [0.3, 0.4) is 0 Å². The molecular weight excluding hydrogens is 985 g/mol. The fourth-order valence-electron chi connectivity index (χ4n) is 7.65. The molecule has 0 unspecified atom stereocenters. The Bertz CT molecular complexity index is 2680. The van der Waals surface area contributed by atoms with Gasteiger partial charge in [0.05, 0.1) is 19.4 Å². The van der Waals surface area contributed by atoms with Crippen molar-refractivity contribution in [3.8, 4) is 5.75 Å². The Hall–Kier alpha value is -7.86. The number of carbonyl (C=O) groups excluding carboxylic acids is 7. The maximum absolute atomic E-state index is 14.3. The number of para-hydroxylation sites is 1. The molecule has 1 aromatic heterocycles. The van der Waals surface area contributed by atoms with E-state index < -0.39 is 120 Å². The van der Waals surface area contributed by atoms with Crippen molar-refractivity contribution in [2.75, 3.05) is 13.1 Å². The molecule has 0 aliphatic rings. The highest BCUT2D eigenvalue weighted by molar-refractivity contribution is 7.81. The van der Waals surface area contributed by atoms with E-state index in [1.807, 2.05) is 50.2 Å². The molecule has 5 atom stereocenters. The van der Waals surface area contributed by atoms with Crippen LogP contribution in [0.15, 0.2) is 85.1 Å². The first-order chi connectivity index (χ1) is 35.2. The highest BCUT2D eigenvalue weighted by Gasteiger charge is 2.32. The van der Waals surface area contributed by atoms with Gasteiger partial charge in [-0.3, -0.25) is 47.7 Å². The molecule has 24 heteroatoms. The van der Waals surface area contributed by atoms with Gasteiger partial charge in [-0.1, -0.05) is 100 Å². The smallest absolute Gasteiger partial charge is 0.446 e. The lowest BCUT2D eigenvalue weighted by Gasteiger charge is -2.25. The molecule has 74 heavy (non-hydrogen) atoms. The van der Waals surface area contributed by atoms with Gasteiger partial charge in [0, 0.05) is 42.9 Å². The van der Waals surface area contributed by atoms with E-state index in [4.69, 9.17) is 9.66 Å². The summed E-state index contributed by atoms with van der Waals surface area (Å²) < 4.78 is 35.7. The molecule has 0 radical (unpaired) electrons. The first-order valence-corrected chi connectivity index (χ1v) is 25.4. The van der Waals surface area contributed by atoms with Crippen LogP contribution in [-0.2, 0) is 72.8 Å². The number of aliphatic carboxylic acids is 2. The van der Waals surface area contributed by atoms with E-state index in [1.54, 1.807) is 24.4 Å². The molecule has 23 nitrogen and oxygen atoms in total. The molecule has 4 rings (SSSR count). The highest BCUT2D eigenvalue weighted by atomic mass is 32.3. The molecule has 0 saturated heterocycles. The molecule has 0 bridgehead atoms. The van der Waals surface area contributed by atoms with Gasteiger partial charge in [-0.15, -0.1) is 0 Å². The van der Waals surface area contributed by atoms with Crippen molar-refractivity contribution < 1.29 is 70.5 Å². The summed E-state index contributed by atoms with van der Waals surface area (Å²) in [4.78, 5) is 122. The Morgan fingerprint density at radius 1 is 0.581 bits per heavy atom. The summed E-state index contributed by atoms with van der Waals surface area (Å²) >= 11 is 0. The molecule has 4 aromatic rings. The van der Waals surface area contributed by atoms with Crippen LogP contribution in [-0.4, -0.2) is 125 Å². The number of nitrogens with one attached hydrogen (secondary N) is 8. The molecule has 0 fully saturated rings. The zero-order valence-corrected chi connectivity index (χ0v) is 41.8. The SMILES string of the molecule is CCCC[C@H](NC(=O)[C@H](Cc1ccc(OS(=O)(=O)O)cc1)NC(=O)CCC(=O)O)C(=O)NCC(=O)N[C@H](Cc1c[nH]c2ccccc12)C(=O)N[C@@H](CCCC)C(=O)N[C@@H](CC(=O)O)C(=O)NCCc1ccccc1. The van der Waals surface area contributed by atoms with Crippen molar-refractivity contribution in [1.29, 1.82) is 0 Å². The van der Waals surface area contributed by atoms with E-state index in [2.05, 4.69) is 46.4 Å². The van der Waals surface area contributed by atoms with Gasteiger partial charge in [0.15, 0.2) is 0 Å². The maximum atomic E-state index is 14.3. The number of carboxylic acids is 2. The van der Waals surface area contributed by atoms with Gasteiger partial charge in [-0.25, -0.2) is 0 Å². The zero-order chi connectivity index (χ0) is 54.2. The Morgan fingerprint density at radius 3 is 1.74 bits per heavy atom. The number of H-pyrrole nitrogens is 1. The van der Waals surface area contributed by atoms with Gasteiger partial charge < -0.3 is 56.6 Å². The summed E-state index contributed by atoms with van der Waals surface area (Å²) in [5, 5.41) is 37.5. The molecule has 1 heterocycles. The minimum Gasteiger partial charge on any atom is -0.481 e. The van der Waals surface area contributed by atoms with Crippen LogP contribution in [0.4, 0.5) is 0 Å². The Morgan fingerprint density at radius 2 is 1.14 bits per heavy atom. The molecule has 0 aliphatic carbocycles. The number of carboxylic acid groups (broad SMARTS) is 2. The van der Waals surface area contributed by atoms with Gasteiger partial charge >= 0.3 is 22.3 Å². The number of hydrogen-bond donors (Lipinski definition) is 11. The summed E-state index contributed by atoms with van der Waals surface area (Å²) in [5.41, 5.74) is 2.64. The predicted octanol–water partition coefficient (Wildman–Crippen LogP) is 1.75. The number of aromatic nitrogens is 1. The van der Waals surface area contributed by atoms with Crippen LogP contribution in [0.25, 0.3) is 10.9 Å². The van der Waals surface area contributed by atoms with E-state index >= 15 is 0 Å². The van der Waals surface area contributed by atoms with Gasteiger partial charge in [0.2, 0.25) is 41.4 Å². The van der Waals surface area contributed by atoms with Crippen molar-refractivity contribution in [3.05, 3.63) is 102 Å². The lowest BCUT2D eigenvalue weighted by molar-refractivity contribution is -0.141. The van der Waals surface area contributed by atoms with Crippen LogP contribution < -0.4 is 41.4 Å². The van der Waals surface area contributed by atoms with Crippen LogP contribution in [0.5, 0.6) is 5.75 Å². The molecule has 7 amide bonds. The largest absolute Gasteiger partial charge is 0.481 e. The number of amides is 7. The third-order valence-corrected chi connectivity index (χ3v) is 11.9. The quantitative estimate of drug-likeness (QED) is 0.0311. The summed E-state index contributed by atoms with van der Waals surface area (Å²) in [7, 11) is -4.84. The summed E-state index contributed by atoms with van der Waals surface area (Å²) in [6.07, 6.45) is 2.20. The zero-order valence-electron chi connectivity index (χ0n) is 41.0. The fourth-order valence-corrected chi connectivity index (χ4v) is 8.01. The van der Waals surface area contributed by atoms with E-state index in [-0.39, 0.29) is 38.0 Å². The van der Waals surface area contributed by atoms with E-state index in [1.165, 1.54) is 24.3 Å². The van der Waals surface area contributed by atoms with Gasteiger partial charge in [-0.05, 0) is 54.2 Å². The van der Waals surface area contributed by atoms with E-state index in [0.717, 1.165) is 16.5 Å². The van der Waals surface area contributed by atoms with Crippen LogP contribution >= 0.6 is 0 Å². The minimum absolute atomic E-state index is 0.0759. The number of benzene rings is 3. The molecule has 0 aliphatic heterocycles. The average molecular weight is 1050 g/mol. The number of unbranched alkanes of at least 4 members (excludes halogenated alkanes) is 2. The number of carbonyl (C=O) groups is 9. The molecule has 400 valence electrons. The van der Waals surface area contributed by atoms with Crippen molar-refractivity contribution in [1.82, 2.24) is 42.2 Å². The second-order valence-corrected chi connectivity index (χ2v) is 18.4. The molecule has 0 saturated carbocycles. The van der Waals surface area contributed by atoms with Crippen molar-refractivity contribution in [2.45, 2.75) is 121 Å². The van der Waals surface area contributed by atoms with Gasteiger partial charge in [-0.2, -0.15) is 8.42 Å². The van der Waals surface area contributed by atoms with Crippen LogP contribution in [0.2, 0.25) is 0 Å². The Kier molecular flexibility index (Phi) is 23.5. The Balaban J connectivity index is 1.50. The summed E-state index contributed by atoms with van der Waals surface area (Å²) in [5.74, 6) is -8.55. The standard InChI is InChI=1S/C50H64N8O15S/c1-3-5-15-37(56-49(68)39(54-42(59)22-23-44(61)62)26-32-18-20-34(21-19-32)73-74(70,71)72)46(65)53-30-43(60)55-40(27-33-29-52-36-17-11-10-14-35(33)36)50(69)57-38(16-6-4-2)48(67)58-41(28-45(63)64)47(66)51-25-24-31-12-8-7-9-13-31/h7-14,17-21,29,37-41,52H,3-6,15-16,22-28,30H2,1-2H3,(H,51,66)(H,53,65)(H,54,59)(H,55,60)(H,56,68)(H,57,69)(H,58,67)(H,61,62)(H,63,64)(H,70,71,72)/t37-,38-,39-,40+,41-/m0/s1. The van der Waals surface area contributed by atoms with Crippen molar-refractivity contribution >= 4 is 74.6 Å². The second-order valence-electron chi connectivity index (χ2n) is 17.4. The third kappa shape index (κ3) is 20.7. The van der Waals surface area contributed by atoms with Gasteiger partial charge in [0.25, 0.3) is 0 Å². The first-order valence-electron chi connectivity index (χ1n) is 24.1. The minimum atomic E-state index is -4.84. The topological polar surface area (TPSA) is 358 Å². The first kappa shape index (κ1) is 58.7. The maximum Gasteiger partial charge on any atom is 0.446 e. The summed E-state index contributed by atoms with van der Waals surface area (Å²) in [6.45, 7) is 3.15. The van der Waals surface area contributed by atoms with E-state index in [9.17, 15) is 56.7 Å². The second kappa shape index (κ2) is 29.6. The Labute approximate surface area is 427 Å². The third-order valence-electron chi connectivity index (χ3n) is 11.5. The number of aromatic amines is 1. The normalized spacial score (nSPS) is 13.2. The fraction of sp³-hybridized carbons (Fsp3) is 0.420. The van der Waals surface area contributed by atoms with Crippen LogP contribution in [0, 0.1) is 0 Å². The number of hydrogen-bond acceptors (Lipinski definition) is 12. The number of fused-ring (bicyclic) bond motifs is 1. The molecule has 0 spiro atoms. The van der Waals surface area contributed by atoms with Gasteiger partial charge in [0.1, 0.15) is 36.0 Å². The highest BCUT2D eigenvalue weighted by Crippen LogP contribution is 2.20. The van der Waals surface area contributed by atoms with E-state index in [0.29, 0.717) is 43.2 Å². The average Bonchev–Trinajstić information content (AvgIpc) is 3.76. The van der Waals surface area contributed by atoms with Crippen molar-refractivity contribution in [3.63, 3.8) is 0 Å². The summed E-state index contributed by atoms with van der Waals surface area (Å²) in [6, 6.07) is 14.7. The van der Waals surface area contributed by atoms with Crippen molar-refractivity contribution in [2.24, 2.45) is 0 Å². The molecule has 3 aromatic carbocycles. The van der Waals surface area contributed by atoms with Crippen LogP contribution in [0.1, 0.15) is 88.3 Å². The lowest BCUT2D eigenvalue weighted by Crippen LogP contribution is -2.58. The monoisotopic (exact) mass is 1050 g/mol. The predicted molar refractivity (Wildman–Crippen MR) is 268 cm³/mol.